The van der Waals surface area contributed by atoms with Gasteiger partial charge in [-0.3, -0.25) is 9.59 Å². The number of quaternary nitrogens is 1. The van der Waals surface area contributed by atoms with Gasteiger partial charge in [0.05, 0.1) is 34.4 Å². The van der Waals surface area contributed by atoms with Crippen LogP contribution in [0.3, 0.4) is 0 Å². The summed E-state index contributed by atoms with van der Waals surface area (Å²) < 4.78 is 17.0. The van der Waals surface area contributed by atoms with Crippen molar-refractivity contribution >= 4 is 17.9 Å². The van der Waals surface area contributed by atoms with Crippen molar-refractivity contribution in [2.24, 2.45) is 0 Å². The highest BCUT2D eigenvalue weighted by molar-refractivity contribution is 5.72. The van der Waals surface area contributed by atoms with E-state index < -0.39 is 18.1 Å². The van der Waals surface area contributed by atoms with Crippen LogP contribution in [0.5, 0.6) is 0 Å². The van der Waals surface area contributed by atoms with E-state index in [1.807, 2.05) is 21.1 Å². The Hall–Kier alpha value is -2.45. The monoisotopic (exact) mass is 594 g/mol. The molecule has 0 amide bonds. The number of allylic oxidation sites excluding steroid dienone is 6. The molecule has 0 aromatic carbocycles. The number of carbonyl (C=O) groups excluding carboxylic acids is 2. The van der Waals surface area contributed by atoms with Crippen LogP contribution >= 0.6 is 0 Å². The number of carbonyl (C=O) groups is 3. The topological polar surface area (TPSA) is 99.1 Å². The lowest BCUT2D eigenvalue weighted by atomic mass is 10.1. The number of carboxylic acids is 1. The normalized spacial score (nSPS) is 13.6. The summed E-state index contributed by atoms with van der Waals surface area (Å²) in [6.07, 6.45) is 25.0. The number of rotatable bonds is 27. The van der Waals surface area contributed by atoms with Gasteiger partial charge in [0.25, 0.3) is 0 Å². The average molecular weight is 595 g/mol. The second-order valence-electron chi connectivity index (χ2n) is 11.7. The van der Waals surface area contributed by atoms with E-state index in [0.29, 0.717) is 19.3 Å². The molecule has 0 aliphatic rings. The van der Waals surface area contributed by atoms with Crippen LogP contribution in [0.1, 0.15) is 110 Å². The van der Waals surface area contributed by atoms with Crippen molar-refractivity contribution in [2.45, 2.75) is 122 Å². The second-order valence-corrected chi connectivity index (χ2v) is 11.7. The van der Waals surface area contributed by atoms with Gasteiger partial charge in [-0.15, -0.1) is 0 Å². The Balaban J connectivity index is 4.61. The molecule has 0 radical (unpaired) electrons. The van der Waals surface area contributed by atoms with Crippen molar-refractivity contribution in [3.8, 4) is 0 Å². The Morgan fingerprint density at radius 3 is 1.95 bits per heavy atom. The first-order valence-electron chi connectivity index (χ1n) is 16.0. The number of esters is 2. The second kappa shape index (κ2) is 26.2. The van der Waals surface area contributed by atoms with Gasteiger partial charge in [0, 0.05) is 19.3 Å². The number of aliphatic carboxylic acids is 1. The fourth-order valence-corrected chi connectivity index (χ4v) is 4.29. The molecule has 8 nitrogen and oxygen atoms in total. The van der Waals surface area contributed by atoms with Gasteiger partial charge < -0.3 is 23.8 Å². The molecule has 0 heterocycles. The van der Waals surface area contributed by atoms with Crippen LogP contribution in [0, 0.1) is 0 Å². The van der Waals surface area contributed by atoms with Crippen molar-refractivity contribution in [1.29, 1.82) is 0 Å². The zero-order valence-electron chi connectivity index (χ0n) is 27.2. The summed E-state index contributed by atoms with van der Waals surface area (Å²) in [5, 5.41) is 9.52. The molecule has 0 rings (SSSR count). The molecule has 0 aliphatic heterocycles. The Morgan fingerprint density at radius 1 is 0.738 bits per heavy atom. The first-order valence-corrected chi connectivity index (χ1v) is 16.0. The third-order valence-corrected chi connectivity index (χ3v) is 6.80. The smallest absolute Gasteiger partial charge is 0.362 e. The third-order valence-electron chi connectivity index (χ3n) is 6.80. The molecule has 0 aliphatic carbocycles. The minimum atomic E-state index is -0.887. The third kappa shape index (κ3) is 24.2. The van der Waals surface area contributed by atoms with Gasteiger partial charge in [-0.2, -0.15) is 0 Å². The molecule has 0 saturated carbocycles. The number of unbranched alkanes of at least 4 members (excludes halogenated alkanes) is 7. The van der Waals surface area contributed by atoms with Crippen LogP contribution in [0.15, 0.2) is 36.5 Å². The maximum absolute atomic E-state index is 12.5. The fraction of sp³-hybridized carbons (Fsp3) is 0.735. The number of likely N-dealkylation sites (N-methyl/N-ethyl adjacent to an activating group) is 1. The minimum Gasteiger partial charge on any atom is -0.477 e. The molecule has 0 bridgehead atoms. The van der Waals surface area contributed by atoms with E-state index >= 15 is 0 Å². The Labute approximate surface area is 255 Å². The van der Waals surface area contributed by atoms with Crippen LogP contribution in [0.25, 0.3) is 0 Å². The van der Waals surface area contributed by atoms with Crippen molar-refractivity contribution in [1.82, 2.24) is 0 Å². The number of hydrogen-bond donors (Lipinski definition) is 1. The number of carboxylic acid groups (broad SMARTS) is 1. The van der Waals surface area contributed by atoms with Gasteiger partial charge in [-0.05, 0) is 38.5 Å². The quantitative estimate of drug-likeness (QED) is 0.0465. The SMILES string of the molecule is CC/C=C/C/C=C/C/C=C/CCCC(=O)OC(COCCC(C(=O)O)[N+](C)(C)C)COC(=O)CCCCCCCCC. The van der Waals surface area contributed by atoms with Crippen molar-refractivity contribution in [2.75, 3.05) is 41.0 Å². The summed E-state index contributed by atoms with van der Waals surface area (Å²) in [5.74, 6) is -1.55. The maximum Gasteiger partial charge on any atom is 0.362 e. The van der Waals surface area contributed by atoms with Gasteiger partial charge >= 0.3 is 17.9 Å². The highest BCUT2D eigenvalue weighted by Crippen LogP contribution is 2.11. The zero-order valence-corrected chi connectivity index (χ0v) is 27.2. The molecule has 0 fully saturated rings. The first-order chi connectivity index (χ1) is 20.1. The molecule has 0 saturated heterocycles. The fourth-order valence-electron chi connectivity index (χ4n) is 4.29. The predicted octanol–water partition coefficient (Wildman–Crippen LogP) is 7.18. The van der Waals surface area contributed by atoms with Crippen LogP contribution in [-0.4, -0.2) is 80.6 Å². The molecule has 8 heteroatoms. The first kappa shape index (κ1) is 39.5. The lowest BCUT2D eigenvalue weighted by molar-refractivity contribution is -0.887. The molecule has 0 aromatic rings. The van der Waals surface area contributed by atoms with Crippen LogP contribution in [0.4, 0.5) is 0 Å². The summed E-state index contributed by atoms with van der Waals surface area (Å²) in [6, 6.07) is -0.618. The summed E-state index contributed by atoms with van der Waals surface area (Å²) in [4.78, 5) is 36.4. The van der Waals surface area contributed by atoms with E-state index in [1.165, 1.54) is 25.7 Å². The Morgan fingerprint density at radius 2 is 1.33 bits per heavy atom. The zero-order chi connectivity index (χ0) is 31.5. The van der Waals surface area contributed by atoms with Crippen LogP contribution < -0.4 is 0 Å². The van der Waals surface area contributed by atoms with Gasteiger partial charge in [0.15, 0.2) is 12.1 Å². The van der Waals surface area contributed by atoms with E-state index in [0.717, 1.165) is 44.9 Å². The van der Waals surface area contributed by atoms with Crippen LogP contribution in [0.2, 0.25) is 0 Å². The largest absolute Gasteiger partial charge is 0.477 e. The molecule has 2 atom stereocenters. The number of nitrogens with zero attached hydrogens (tertiary/aromatic N) is 1. The molecule has 0 aromatic heterocycles. The lowest BCUT2D eigenvalue weighted by Crippen LogP contribution is -2.50. The summed E-state index contributed by atoms with van der Waals surface area (Å²) in [7, 11) is 5.48. The van der Waals surface area contributed by atoms with Gasteiger partial charge in [-0.1, -0.05) is 88.8 Å². The highest BCUT2D eigenvalue weighted by atomic mass is 16.6. The molecule has 242 valence electrons. The Kier molecular flexibility index (Phi) is 24.7. The van der Waals surface area contributed by atoms with E-state index in [2.05, 4.69) is 50.3 Å². The van der Waals surface area contributed by atoms with Crippen molar-refractivity contribution in [3.05, 3.63) is 36.5 Å². The summed E-state index contributed by atoms with van der Waals surface area (Å²) >= 11 is 0. The van der Waals surface area contributed by atoms with E-state index in [9.17, 15) is 19.5 Å². The minimum absolute atomic E-state index is 0.0413. The highest BCUT2D eigenvalue weighted by Gasteiger charge is 2.31. The molecular formula is C34H60NO7+. The van der Waals surface area contributed by atoms with Gasteiger partial charge in [0.1, 0.15) is 6.61 Å². The molecular weight excluding hydrogens is 534 g/mol. The average Bonchev–Trinajstić information content (AvgIpc) is 2.92. The molecule has 2 unspecified atom stereocenters. The van der Waals surface area contributed by atoms with E-state index in [-0.39, 0.29) is 42.7 Å². The standard InChI is InChI=1S/C34H59NO7/c1-6-8-10-12-14-15-16-17-19-21-23-25-33(37)42-30(28-40-27-26-31(34(38)39)35(3,4)5)29-41-32(36)24-22-20-18-13-11-9-7-2/h8,10,14-15,17,19,30-31H,6-7,9,11-13,16,18,20-29H2,1-5H3/p+1/b10-8+,15-14+,19-17+. The Bertz CT molecular complexity index is 798. The van der Waals surface area contributed by atoms with Gasteiger partial charge in [0.2, 0.25) is 0 Å². The molecule has 0 spiro atoms. The summed E-state index contributed by atoms with van der Waals surface area (Å²) in [6.45, 7) is 4.47. The number of hydrogen-bond acceptors (Lipinski definition) is 6. The molecule has 42 heavy (non-hydrogen) atoms. The lowest BCUT2D eigenvalue weighted by Gasteiger charge is -2.31. The van der Waals surface area contributed by atoms with Crippen molar-refractivity contribution < 1.29 is 38.2 Å². The van der Waals surface area contributed by atoms with E-state index in [4.69, 9.17) is 14.2 Å². The molecule has 1 N–H and O–H groups in total. The number of ether oxygens (including phenoxy) is 3. The maximum atomic E-state index is 12.5. The predicted molar refractivity (Wildman–Crippen MR) is 169 cm³/mol. The van der Waals surface area contributed by atoms with Crippen molar-refractivity contribution in [3.63, 3.8) is 0 Å². The van der Waals surface area contributed by atoms with E-state index in [1.54, 1.807) is 0 Å². The summed E-state index contributed by atoms with van der Waals surface area (Å²) in [5.41, 5.74) is 0. The van der Waals surface area contributed by atoms with Crippen LogP contribution in [-0.2, 0) is 28.6 Å². The van der Waals surface area contributed by atoms with Gasteiger partial charge in [-0.25, -0.2) is 4.79 Å².